The smallest absolute Gasteiger partial charge is 0.380 e. The molecule has 2 rings (SSSR count). The SMILES string of the molecule is C[C@@](O)(CN1CCCN(c2cccnn2)CC1)C(F)(F)F. The van der Waals surface area contributed by atoms with E-state index in [0.717, 1.165) is 12.7 Å². The van der Waals surface area contributed by atoms with E-state index in [1.807, 2.05) is 11.0 Å². The lowest BCUT2D eigenvalue weighted by Crippen LogP contribution is -2.52. The van der Waals surface area contributed by atoms with E-state index in [0.29, 0.717) is 32.6 Å². The van der Waals surface area contributed by atoms with Crippen molar-refractivity contribution < 1.29 is 18.3 Å². The Bertz CT molecular complexity index is 452. The Labute approximate surface area is 121 Å². The number of halogens is 3. The molecule has 1 atom stereocenters. The minimum absolute atomic E-state index is 0.412. The van der Waals surface area contributed by atoms with Crippen LogP contribution < -0.4 is 4.90 Å². The third-order valence-corrected chi connectivity index (χ3v) is 3.61. The Morgan fingerprint density at radius 3 is 2.62 bits per heavy atom. The van der Waals surface area contributed by atoms with Crippen LogP contribution in [-0.4, -0.2) is 64.7 Å². The molecular weight excluding hydrogens is 285 g/mol. The van der Waals surface area contributed by atoms with Gasteiger partial charge in [-0.2, -0.15) is 18.3 Å². The molecule has 1 aliphatic rings. The van der Waals surface area contributed by atoms with Crippen LogP contribution in [0.15, 0.2) is 18.3 Å². The fourth-order valence-electron chi connectivity index (χ4n) is 2.35. The fraction of sp³-hybridized carbons (Fsp3) is 0.692. The molecule has 1 saturated heterocycles. The summed E-state index contributed by atoms with van der Waals surface area (Å²) in [6.45, 7) is 2.64. The maximum atomic E-state index is 12.7. The second kappa shape index (κ2) is 6.15. The summed E-state index contributed by atoms with van der Waals surface area (Å²) in [4.78, 5) is 3.64. The van der Waals surface area contributed by atoms with Crippen molar-refractivity contribution >= 4 is 5.82 Å². The van der Waals surface area contributed by atoms with E-state index in [1.165, 1.54) is 0 Å². The van der Waals surface area contributed by atoms with Gasteiger partial charge in [0.2, 0.25) is 0 Å². The summed E-state index contributed by atoms with van der Waals surface area (Å²) < 4.78 is 38.2. The van der Waals surface area contributed by atoms with Crippen molar-refractivity contribution in [3.63, 3.8) is 0 Å². The number of rotatable bonds is 3. The molecule has 2 heterocycles. The minimum Gasteiger partial charge on any atom is -0.380 e. The van der Waals surface area contributed by atoms with Crippen molar-refractivity contribution in [2.75, 3.05) is 37.6 Å². The van der Waals surface area contributed by atoms with E-state index in [9.17, 15) is 18.3 Å². The zero-order valence-electron chi connectivity index (χ0n) is 11.8. The van der Waals surface area contributed by atoms with E-state index in [-0.39, 0.29) is 0 Å². The number of hydrogen-bond donors (Lipinski definition) is 1. The van der Waals surface area contributed by atoms with Crippen LogP contribution in [0.3, 0.4) is 0 Å². The number of aromatic nitrogens is 2. The van der Waals surface area contributed by atoms with Gasteiger partial charge in [0.05, 0.1) is 0 Å². The van der Waals surface area contributed by atoms with E-state index in [4.69, 9.17) is 0 Å². The van der Waals surface area contributed by atoms with Crippen LogP contribution in [0, 0.1) is 0 Å². The molecule has 1 aromatic heterocycles. The first-order valence-corrected chi connectivity index (χ1v) is 6.84. The predicted octanol–water partition coefficient (Wildman–Crippen LogP) is 1.30. The highest BCUT2D eigenvalue weighted by Gasteiger charge is 2.50. The molecule has 0 aromatic carbocycles. The number of aliphatic hydroxyl groups is 1. The zero-order chi connectivity index (χ0) is 15.5. The molecule has 8 heteroatoms. The molecule has 5 nitrogen and oxygen atoms in total. The summed E-state index contributed by atoms with van der Waals surface area (Å²) in [6.07, 6.45) is -2.33. The van der Waals surface area contributed by atoms with Crippen molar-refractivity contribution in [3.05, 3.63) is 18.3 Å². The second-order valence-electron chi connectivity index (χ2n) is 5.47. The topological polar surface area (TPSA) is 52.5 Å². The van der Waals surface area contributed by atoms with Gasteiger partial charge in [-0.3, -0.25) is 4.90 Å². The number of β-amino-alcohol motifs (C(OH)–C–C–N with tert-alkyl or cyclic N) is 1. The molecule has 1 aromatic rings. The van der Waals surface area contributed by atoms with Crippen LogP contribution in [0.5, 0.6) is 0 Å². The van der Waals surface area contributed by atoms with Crippen LogP contribution in [0.4, 0.5) is 19.0 Å². The van der Waals surface area contributed by atoms with E-state index in [1.54, 1.807) is 17.2 Å². The molecule has 118 valence electrons. The molecule has 21 heavy (non-hydrogen) atoms. The standard InChI is InChI=1S/C13H19F3N4O/c1-12(21,13(14,15)16)10-19-6-3-7-20(9-8-19)11-4-2-5-17-18-11/h2,4-5,21H,3,6-10H2,1H3/t12-/m1/s1. The Hall–Kier alpha value is -1.41. The highest BCUT2D eigenvalue weighted by Crippen LogP contribution is 2.30. The van der Waals surface area contributed by atoms with Gasteiger partial charge >= 0.3 is 6.18 Å². The van der Waals surface area contributed by atoms with Gasteiger partial charge in [0.15, 0.2) is 11.4 Å². The first-order chi connectivity index (χ1) is 9.79. The Morgan fingerprint density at radius 2 is 2.00 bits per heavy atom. The van der Waals surface area contributed by atoms with E-state index >= 15 is 0 Å². The molecule has 1 aliphatic heterocycles. The van der Waals surface area contributed by atoms with Gasteiger partial charge in [0, 0.05) is 38.9 Å². The maximum Gasteiger partial charge on any atom is 0.418 e. The molecule has 0 saturated carbocycles. The van der Waals surface area contributed by atoms with Crippen molar-refractivity contribution in [1.82, 2.24) is 15.1 Å². The molecule has 0 spiro atoms. The van der Waals surface area contributed by atoms with Gasteiger partial charge in [-0.25, -0.2) is 0 Å². The number of hydrogen-bond acceptors (Lipinski definition) is 5. The number of nitrogens with zero attached hydrogens (tertiary/aromatic N) is 4. The summed E-state index contributed by atoms with van der Waals surface area (Å²) in [5.41, 5.74) is -2.69. The van der Waals surface area contributed by atoms with Crippen LogP contribution in [-0.2, 0) is 0 Å². The third-order valence-electron chi connectivity index (χ3n) is 3.61. The van der Waals surface area contributed by atoms with Gasteiger partial charge in [0.1, 0.15) is 0 Å². The molecular formula is C13H19F3N4O. The lowest BCUT2D eigenvalue weighted by Gasteiger charge is -2.32. The van der Waals surface area contributed by atoms with E-state index < -0.39 is 18.3 Å². The average molecular weight is 304 g/mol. The summed E-state index contributed by atoms with van der Waals surface area (Å²) in [7, 11) is 0. The van der Waals surface area contributed by atoms with Crippen LogP contribution >= 0.6 is 0 Å². The second-order valence-corrected chi connectivity index (χ2v) is 5.47. The molecule has 0 bridgehead atoms. The van der Waals surface area contributed by atoms with Gasteiger partial charge in [-0.1, -0.05) is 0 Å². The largest absolute Gasteiger partial charge is 0.418 e. The normalized spacial score (nSPS) is 20.9. The predicted molar refractivity (Wildman–Crippen MR) is 72.0 cm³/mol. The molecule has 0 aliphatic carbocycles. The molecule has 1 N–H and O–H groups in total. The summed E-state index contributed by atoms with van der Waals surface area (Å²) in [5.74, 6) is 0.724. The summed E-state index contributed by atoms with van der Waals surface area (Å²) >= 11 is 0. The molecule has 0 radical (unpaired) electrons. The van der Waals surface area contributed by atoms with Crippen LogP contribution in [0.1, 0.15) is 13.3 Å². The molecule has 1 fully saturated rings. The molecule has 0 amide bonds. The number of alkyl halides is 3. The first kappa shape index (κ1) is 16.0. The Balaban J connectivity index is 1.95. The van der Waals surface area contributed by atoms with Gasteiger partial charge < -0.3 is 10.0 Å². The quantitative estimate of drug-likeness (QED) is 0.912. The van der Waals surface area contributed by atoms with E-state index in [2.05, 4.69) is 10.2 Å². The average Bonchev–Trinajstić information content (AvgIpc) is 2.63. The number of anilines is 1. The summed E-state index contributed by atoms with van der Waals surface area (Å²) in [5, 5.41) is 17.4. The maximum absolute atomic E-state index is 12.7. The lowest BCUT2D eigenvalue weighted by molar-refractivity contribution is -0.257. The van der Waals surface area contributed by atoms with Crippen molar-refractivity contribution in [3.8, 4) is 0 Å². The fourth-order valence-corrected chi connectivity index (χ4v) is 2.35. The zero-order valence-corrected chi connectivity index (χ0v) is 11.8. The third kappa shape index (κ3) is 4.04. The highest BCUT2D eigenvalue weighted by atomic mass is 19.4. The highest BCUT2D eigenvalue weighted by molar-refractivity contribution is 5.36. The van der Waals surface area contributed by atoms with Crippen molar-refractivity contribution in [2.24, 2.45) is 0 Å². The van der Waals surface area contributed by atoms with Crippen molar-refractivity contribution in [1.29, 1.82) is 0 Å². The Morgan fingerprint density at radius 1 is 1.24 bits per heavy atom. The lowest BCUT2D eigenvalue weighted by atomic mass is 10.1. The van der Waals surface area contributed by atoms with Crippen LogP contribution in [0.2, 0.25) is 0 Å². The van der Waals surface area contributed by atoms with Crippen molar-refractivity contribution in [2.45, 2.75) is 25.1 Å². The Kier molecular flexibility index (Phi) is 4.67. The van der Waals surface area contributed by atoms with Crippen LogP contribution in [0.25, 0.3) is 0 Å². The van der Waals surface area contributed by atoms with Gasteiger partial charge in [-0.15, -0.1) is 5.10 Å². The monoisotopic (exact) mass is 304 g/mol. The van der Waals surface area contributed by atoms with Gasteiger partial charge in [-0.05, 0) is 25.5 Å². The first-order valence-electron chi connectivity index (χ1n) is 6.84. The minimum atomic E-state index is -4.62. The van der Waals surface area contributed by atoms with Gasteiger partial charge in [0.25, 0.3) is 0 Å². The molecule has 0 unspecified atom stereocenters. The summed E-state index contributed by atoms with van der Waals surface area (Å²) in [6, 6.07) is 3.61.